The smallest absolute Gasteiger partial charge is 0.338 e. The van der Waals surface area contributed by atoms with Crippen LogP contribution in [-0.2, 0) is 9.59 Å². The molecule has 0 bridgehead atoms. The average Bonchev–Trinajstić information content (AvgIpc) is 2.13. The summed E-state index contributed by atoms with van der Waals surface area (Å²) in [6.07, 6.45) is 4.36. The topological polar surface area (TPSA) is 54.4 Å². The third kappa shape index (κ3) is 1.90. The standard InChI is InChI=1S/C8H10O3/c9-7-5-3-1-2-4-6(7)8(10)11/h4H,1-3,5H2,(H,10,11). The predicted octanol–water partition coefficient (Wildman–Crippen LogP) is 1.14. The van der Waals surface area contributed by atoms with Gasteiger partial charge in [-0.05, 0) is 19.3 Å². The van der Waals surface area contributed by atoms with Crippen molar-refractivity contribution in [1.82, 2.24) is 0 Å². The first-order valence-corrected chi connectivity index (χ1v) is 3.68. The molecule has 0 aromatic rings. The van der Waals surface area contributed by atoms with Crippen molar-refractivity contribution in [2.24, 2.45) is 0 Å². The van der Waals surface area contributed by atoms with Crippen LogP contribution in [0, 0.1) is 0 Å². The van der Waals surface area contributed by atoms with Crippen molar-refractivity contribution < 1.29 is 14.7 Å². The van der Waals surface area contributed by atoms with Crippen LogP contribution in [0.5, 0.6) is 0 Å². The van der Waals surface area contributed by atoms with E-state index in [0.717, 1.165) is 12.8 Å². The lowest BCUT2D eigenvalue weighted by molar-refractivity contribution is -0.134. The lowest BCUT2D eigenvalue weighted by atomic mass is 10.1. The van der Waals surface area contributed by atoms with Crippen molar-refractivity contribution in [3.8, 4) is 0 Å². The Morgan fingerprint density at radius 2 is 2.18 bits per heavy atom. The summed E-state index contributed by atoms with van der Waals surface area (Å²) < 4.78 is 0. The molecule has 0 atom stereocenters. The molecule has 0 heterocycles. The van der Waals surface area contributed by atoms with E-state index in [-0.39, 0.29) is 11.4 Å². The largest absolute Gasteiger partial charge is 0.478 e. The highest BCUT2D eigenvalue weighted by Crippen LogP contribution is 2.13. The molecule has 0 saturated heterocycles. The van der Waals surface area contributed by atoms with Crippen LogP contribution in [0.3, 0.4) is 0 Å². The molecule has 3 heteroatoms. The zero-order chi connectivity index (χ0) is 8.27. The lowest BCUT2D eigenvalue weighted by Crippen LogP contribution is -2.10. The minimum atomic E-state index is -1.09. The Bertz CT molecular complexity index is 215. The van der Waals surface area contributed by atoms with Gasteiger partial charge >= 0.3 is 5.97 Å². The first-order valence-electron chi connectivity index (χ1n) is 3.68. The molecule has 1 aliphatic carbocycles. The van der Waals surface area contributed by atoms with Crippen LogP contribution in [0.25, 0.3) is 0 Å². The van der Waals surface area contributed by atoms with Crippen molar-refractivity contribution in [1.29, 1.82) is 0 Å². The second-order valence-electron chi connectivity index (χ2n) is 2.59. The molecule has 0 radical (unpaired) electrons. The first kappa shape index (κ1) is 7.98. The van der Waals surface area contributed by atoms with Gasteiger partial charge in [-0.3, -0.25) is 4.79 Å². The Labute approximate surface area is 64.7 Å². The predicted molar refractivity (Wildman–Crippen MR) is 39.2 cm³/mol. The Kier molecular flexibility index (Phi) is 2.41. The number of hydrogen-bond donors (Lipinski definition) is 1. The number of aliphatic carboxylic acids is 1. The number of Topliss-reactive ketones (excluding diaryl/α,β-unsaturated/α-hetero) is 1. The Hall–Kier alpha value is -1.12. The van der Waals surface area contributed by atoms with Crippen LogP contribution in [0.1, 0.15) is 25.7 Å². The number of carbonyl (C=O) groups is 2. The van der Waals surface area contributed by atoms with Crippen LogP contribution in [0.2, 0.25) is 0 Å². The van der Waals surface area contributed by atoms with E-state index in [9.17, 15) is 9.59 Å². The maximum atomic E-state index is 11.0. The van der Waals surface area contributed by atoms with Gasteiger partial charge in [0.05, 0.1) is 5.57 Å². The molecule has 0 unspecified atom stereocenters. The van der Waals surface area contributed by atoms with Crippen LogP contribution >= 0.6 is 0 Å². The summed E-state index contributed by atoms with van der Waals surface area (Å²) >= 11 is 0. The van der Waals surface area contributed by atoms with E-state index in [1.165, 1.54) is 6.08 Å². The number of allylic oxidation sites excluding steroid dienone is 1. The zero-order valence-corrected chi connectivity index (χ0v) is 6.17. The van der Waals surface area contributed by atoms with Crippen LogP contribution < -0.4 is 0 Å². The Balaban J connectivity index is 2.79. The summed E-state index contributed by atoms with van der Waals surface area (Å²) in [5.74, 6) is -1.31. The molecule has 1 aliphatic rings. The third-order valence-electron chi connectivity index (χ3n) is 1.74. The molecule has 0 aliphatic heterocycles. The molecule has 1 N–H and O–H groups in total. The fourth-order valence-corrected chi connectivity index (χ4v) is 1.13. The van der Waals surface area contributed by atoms with Gasteiger partial charge < -0.3 is 5.11 Å². The SMILES string of the molecule is O=C(O)C1=CCCCCC1=O. The van der Waals surface area contributed by atoms with Crippen molar-refractivity contribution >= 4 is 11.8 Å². The highest BCUT2D eigenvalue weighted by molar-refractivity contribution is 6.16. The Morgan fingerprint density at radius 1 is 1.45 bits per heavy atom. The van der Waals surface area contributed by atoms with Gasteiger partial charge in [-0.15, -0.1) is 0 Å². The lowest BCUT2D eigenvalue weighted by Gasteiger charge is -1.94. The molecule has 3 nitrogen and oxygen atoms in total. The molecule has 0 fully saturated rings. The minimum Gasteiger partial charge on any atom is -0.478 e. The summed E-state index contributed by atoms with van der Waals surface area (Å²) in [4.78, 5) is 21.4. The fourth-order valence-electron chi connectivity index (χ4n) is 1.13. The summed E-state index contributed by atoms with van der Waals surface area (Å²) in [6.45, 7) is 0. The molecular weight excluding hydrogens is 144 g/mol. The van der Waals surface area contributed by atoms with E-state index in [4.69, 9.17) is 5.11 Å². The number of carboxylic acids is 1. The molecule has 1 rings (SSSR count). The second kappa shape index (κ2) is 3.32. The second-order valence-corrected chi connectivity index (χ2v) is 2.59. The minimum absolute atomic E-state index is 0.0255. The summed E-state index contributed by atoms with van der Waals surface area (Å²) in [7, 11) is 0. The number of carboxylic acid groups (broad SMARTS) is 1. The highest BCUT2D eigenvalue weighted by atomic mass is 16.4. The molecule has 60 valence electrons. The number of ketones is 1. The maximum Gasteiger partial charge on any atom is 0.338 e. The molecule has 0 amide bonds. The number of carbonyl (C=O) groups excluding carboxylic acids is 1. The van der Waals surface area contributed by atoms with Crippen molar-refractivity contribution in [3.63, 3.8) is 0 Å². The maximum absolute atomic E-state index is 11.0. The van der Waals surface area contributed by atoms with Crippen molar-refractivity contribution in [2.75, 3.05) is 0 Å². The van der Waals surface area contributed by atoms with E-state index < -0.39 is 5.97 Å². The average molecular weight is 154 g/mol. The highest BCUT2D eigenvalue weighted by Gasteiger charge is 2.17. The van der Waals surface area contributed by atoms with Gasteiger partial charge in [0.2, 0.25) is 0 Å². The quantitative estimate of drug-likeness (QED) is 0.576. The van der Waals surface area contributed by atoms with E-state index in [1.807, 2.05) is 0 Å². The zero-order valence-electron chi connectivity index (χ0n) is 6.17. The third-order valence-corrected chi connectivity index (χ3v) is 1.74. The number of rotatable bonds is 1. The van der Waals surface area contributed by atoms with Gasteiger partial charge in [-0.25, -0.2) is 4.79 Å². The van der Waals surface area contributed by atoms with Gasteiger partial charge in [-0.1, -0.05) is 6.08 Å². The van der Waals surface area contributed by atoms with E-state index in [1.54, 1.807) is 0 Å². The van der Waals surface area contributed by atoms with Crippen LogP contribution in [0.15, 0.2) is 11.6 Å². The Morgan fingerprint density at radius 3 is 2.82 bits per heavy atom. The van der Waals surface area contributed by atoms with E-state index >= 15 is 0 Å². The van der Waals surface area contributed by atoms with Gasteiger partial charge in [-0.2, -0.15) is 0 Å². The van der Waals surface area contributed by atoms with Gasteiger partial charge in [0.15, 0.2) is 5.78 Å². The van der Waals surface area contributed by atoms with Crippen molar-refractivity contribution in [3.05, 3.63) is 11.6 Å². The monoisotopic (exact) mass is 154 g/mol. The van der Waals surface area contributed by atoms with E-state index in [0.29, 0.717) is 12.8 Å². The summed E-state index contributed by atoms with van der Waals surface area (Å²) in [5, 5.41) is 8.54. The molecule has 11 heavy (non-hydrogen) atoms. The molecule has 0 aromatic heterocycles. The normalized spacial score (nSPS) is 18.9. The van der Waals surface area contributed by atoms with Crippen LogP contribution in [0.4, 0.5) is 0 Å². The summed E-state index contributed by atoms with van der Waals surface area (Å²) in [6, 6.07) is 0. The molecule has 0 aromatic carbocycles. The fraction of sp³-hybridized carbons (Fsp3) is 0.500. The van der Waals surface area contributed by atoms with Crippen molar-refractivity contribution in [2.45, 2.75) is 25.7 Å². The van der Waals surface area contributed by atoms with E-state index in [2.05, 4.69) is 0 Å². The molecule has 0 saturated carbocycles. The number of hydrogen-bond acceptors (Lipinski definition) is 2. The van der Waals surface area contributed by atoms with Gasteiger partial charge in [0.25, 0.3) is 0 Å². The molecular formula is C8H10O3. The van der Waals surface area contributed by atoms with Crippen LogP contribution in [-0.4, -0.2) is 16.9 Å². The first-order chi connectivity index (χ1) is 5.22. The van der Waals surface area contributed by atoms with Gasteiger partial charge in [0, 0.05) is 6.42 Å². The summed E-state index contributed by atoms with van der Waals surface area (Å²) in [5.41, 5.74) is -0.0255. The molecule has 0 spiro atoms. The van der Waals surface area contributed by atoms with Gasteiger partial charge in [0.1, 0.15) is 0 Å².